The van der Waals surface area contributed by atoms with Gasteiger partial charge in [-0.25, -0.2) is 4.79 Å². The second-order valence-corrected chi connectivity index (χ2v) is 6.93. The van der Waals surface area contributed by atoms with Crippen LogP contribution in [0.15, 0.2) is 30.3 Å². The molecule has 0 saturated carbocycles. The van der Waals surface area contributed by atoms with Gasteiger partial charge < -0.3 is 20.2 Å². The lowest BCUT2D eigenvalue weighted by atomic mass is 9.97. The molecule has 2 atom stereocenters. The van der Waals surface area contributed by atoms with Gasteiger partial charge in [0.25, 0.3) is 0 Å². The third-order valence-electron chi connectivity index (χ3n) is 5.09. The summed E-state index contributed by atoms with van der Waals surface area (Å²) in [7, 11) is 0. The van der Waals surface area contributed by atoms with Gasteiger partial charge in [0.15, 0.2) is 0 Å². The summed E-state index contributed by atoms with van der Waals surface area (Å²) in [5, 5.41) is 13.0. The Bertz CT molecular complexity index is 587. The molecular weight excluding hydrogens is 318 g/mol. The fraction of sp³-hybridized carbons (Fsp3) is 0.579. The fourth-order valence-electron chi connectivity index (χ4n) is 3.61. The number of hydrogen-bond acceptors (Lipinski definition) is 3. The Labute approximate surface area is 148 Å². The maximum atomic E-state index is 12.5. The summed E-state index contributed by atoms with van der Waals surface area (Å²) >= 11 is 0. The van der Waals surface area contributed by atoms with E-state index >= 15 is 0 Å². The van der Waals surface area contributed by atoms with Gasteiger partial charge in [-0.2, -0.15) is 0 Å². The first-order valence-corrected chi connectivity index (χ1v) is 9.19. The molecule has 6 nitrogen and oxygen atoms in total. The van der Waals surface area contributed by atoms with Gasteiger partial charge in [-0.15, -0.1) is 0 Å². The first-order chi connectivity index (χ1) is 12.1. The van der Waals surface area contributed by atoms with Gasteiger partial charge in [-0.05, 0) is 31.2 Å². The van der Waals surface area contributed by atoms with Crippen LogP contribution in [0, 0.1) is 5.92 Å². The fourth-order valence-corrected chi connectivity index (χ4v) is 3.61. The van der Waals surface area contributed by atoms with E-state index in [0.29, 0.717) is 6.54 Å². The zero-order valence-corrected chi connectivity index (χ0v) is 14.6. The molecule has 2 N–H and O–H groups in total. The summed E-state index contributed by atoms with van der Waals surface area (Å²) in [5.74, 6) is -0.267. The van der Waals surface area contributed by atoms with Gasteiger partial charge in [0.1, 0.15) is 0 Å². The Kier molecular flexibility index (Phi) is 5.91. The Morgan fingerprint density at radius 1 is 1.08 bits per heavy atom. The van der Waals surface area contributed by atoms with E-state index in [2.05, 4.69) is 5.32 Å². The molecule has 6 heteroatoms. The summed E-state index contributed by atoms with van der Waals surface area (Å²) in [4.78, 5) is 28.6. The van der Waals surface area contributed by atoms with Crippen LogP contribution in [-0.4, -0.2) is 59.6 Å². The van der Waals surface area contributed by atoms with Crippen molar-refractivity contribution in [3.63, 3.8) is 0 Å². The van der Waals surface area contributed by atoms with Crippen molar-refractivity contribution in [2.45, 2.75) is 31.8 Å². The normalized spacial score (nSPS) is 21.9. The molecule has 3 amide bonds. The van der Waals surface area contributed by atoms with Crippen LogP contribution in [0.2, 0.25) is 0 Å². The minimum absolute atomic E-state index is 0.0688. The molecule has 0 spiro atoms. The molecule has 0 bridgehead atoms. The first-order valence-electron chi connectivity index (χ1n) is 9.19. The second kappa shape index (κ2) is 8.34. The number of hydrogen-bond donors (Lipinski definition) is 2. The zero-order valence-electron chi connectivity index (χ0n) is 14.6. The molecule has 2 heterocycles. The van der Waals surface area contributed by atoms with Crippen LogP contribution in [-0.2, 0) is 4.79 Å². The van der Waals surface area contributed by atoms with Crippen molar-refractivity contribution >= 4 is 11.9 Å². The minimum Gasteiger partial charge on any atom is -0.387 e. The largest absolute Gasteiger partial charge is 0.387 e. The van der Waals surface area contributed by atoms with Crippen molar-refractivity contribution in [1.29, 1.82) is 0 Å². The molecule has 0 aromatic heterocycles. The lowest BCUT2D eigenvalue weighted by Gasteiger charge is -2.34. The van der Waals surface area contributed by atoms with E-state index in [1.807, 2.05) is 40.1 Å². The summed E-state index contributed by atoms with van der Waals surface area (Å²) in [6.45, 7) is 3.05. The quantitative estimate of drug-likeness (QED) is 0.873. The van der Waals surface area contributed by atoms with Crippen molar-refractivity contribution in [3.8, 4) is 0 Å². The molecule has 25 heavy (non-hydrogen) atoms. The topological polar surface area (TPSA) is 72.9 Å². The van der Waals surface area contributed by atoms with E-state index in [-0.39, 0.29) is 24.4 Å². The lowest BCUT2D eigenvalue weighted by Crippen LogP contribution is -2.49. The van der Waals surface area contributed by atoms with Crippen molar-refractivity contribution < 1.29 is 14.7 Å². The number of nitrogens with one attached hydrogen (secondary N) is 1. The van der Waals surface area contributed by atoms with Crippen LogP contribution >= 0.6 is 0 Å². The van der Waals surface area contributed by atoms with Crippen LogP contribution in [0.3, 0.4) is 0 Å². The van der Waals surface area contributed by atoms with Gasteiger partial charge in [-0.3, -0.25) is 4.79 Å². The summed E-state index contributed by atoms with van der Waals surface area (Å²) in [6.07, 6.45) is 3.06. The van der Waals surface area contributed by atoms with Gasteiger partial charge >= 0.3 is 6.03 Å². The number of piperidine rings is 1. The monoisotopic (exact) mass is 345 g/mol. The highest BCUT2D eigenvalue weighted by atomic mass is 16.3. The number of amides is 3. The molecule has 0 aliphatic carbocycles. The average molecular weight is 345 g/mol. The molecular formula is C19H27N3O3. The second-order valence-electron chi connectivity index (χ2n) is 6.93. The highest BCUT2D eigenvalue weighted by Crippen LogP contribution is 2.20. The van der Waals surface area contributed by atoms with Gasteiger partial charge in [-0.1, -0.05) is 30.3 Å². The van der Waals surface area contributed by atoms with Gasteiger partial charge in [0.05, 0.1) is 12.0 Å². The highest BCUT2D eigenvalue weighted by molar-refractivity contribution is 5.81. The number of urea groups is 1. The Morgan fingerprint density at radius 3 is 2.48 bits per heavy atom. The van der Waals surface area contributed by atoms with Crippen LogP contribution in [0.1, 0.15) is 37.4 Å². The number of rotatable bonds is 4. The number of carbonyl (C=O) groups excluding carboxylic acids is 2. The summed E-state index contributed by atoms with van der Waals surface area (Å²) in [5.41, 5.74) is 0.789. The number of aliphatic hydroxyl groups is 1. The first kappa shape index (κ1) is 17.7. The summed E-state index contributed by atoms with van der Waals surface area (Å²) < 4.78 is 0. The van der Waals surface area contributed by atoms with Crippen molar-refractivity contribution in [2.24, 2.45) is 5.92 Å². The standard InChI is InChI=1S/C19H27N3O3/c23-17(15-7-2-1-3-8-15)13-20-18(24)16-9-6-12-22(14-16)19(25)21-10-4-5-11-21/h1-3,7-8,16-17,23H,4-6,9-14H2,(H,20,24)/t16-,17+/m1/s1. The molecule has 2 fully saturated rings. The van der Waals surface area contributed by atoms with E-state index in [9.17, 15) is 14.7 Å². The summed E-state index contributed by atoms with van der Waals surface area (Å²) in [6, 6.07) is 9.37. The molecule has 3 rings (SSSR count). The molecule has 0 unspecified atom stereocenters. The predicted molar refractivity (Wildman–Crippen MR) is 94.9 cm³/mol. The zero-order chi connectivity index (χ0) is 17.6. The molecule has 0 radical (unpaired) electrons. The minimum atomic E-state index is -0.712. The number of carbonyl (C=O) groups is 2. The SMILES string of the molecule is O=C(NC[C@H](O)c1ccccc1)[C@@H]1CCCN(C(=O)N2CCCC2)C1. The number of aliphatic hydroxyl groups excluding tert-OH is 1. The lowest BCUT2D eigenvalue weighted by molar-refractivity contribution is -0.126. The van der Waals surface area contributed by atoms with Crippen molar-refractivity contribution in [1.82, 2.24) is 15.1 Å². The smallest absolute Gasteiger partial charge is 0.320 e. The molecule has 1 aromatic carbocycles. The maximum Gasteiger partial charge on any atom is 0.320 e. The maximum absolute atomic E-state index is 12.5. The van der Waals surface area contributed by atoms with Gasteiger partial charge in [0.2, 0.25) is 5.91 Å². The Balaban J connectivity index is 1.49. The van der Waals surface area contributed by atoms with E-state index in [1.54, 1.807) is 0 Å². The average Bonchev–Trinajstić information content (AvgIpc) is 3.20. The third-order valence-corrected chi connectivity index (χ3v) is 5.09. The van der Waals surface area contributed by atoms with Gasteiger partial charge in [0, 0.05) is 32.7 Å². The molecule has 2 aliphatic heterocycles. The highest BCUT2D eigenvalue weighted by Gasteiger charge is 2.31. The molecule has 1 aromatic rings. The van der Waals surface area contributed by atoms with E-state index in [0.717, 1.165) is 50.9 Å². The van der Waals surface area contributed by atoms with Crippen molar-refractivity contribution in [3.05, 3.63) is 35.9 Å². The van der Waals surface area contributed by atoms with Crippen LogP contribution < -0.4 is 5.32 Å². The van der Waals surface area contributed by atoms with Crippen molar-refractivity contribution in [2.75, 3.05) is 32.7 Å². The number of likely N-dealkylation sites (tertiary alicyclic amines) is 2. The molecule has 2 saturated heterocycles. The third kappa shape index (κ3) is 4.51. The number of nitrogens with zero attached hydrogens (tertiary/aromatic N) is 2. The van der Waals surface area contributed by atoms with E-state index in [1.165, 1.54) is 0 Å². The van der Waals surface area contributed by atoms with Crippen LogP contribution in [0.4, 0.5) is 4.79 Å². The Hall–Kier alpha value is -2.08. The predicted octanol–water partition coefficient (Wildman–Crippen LogP) is 1.76. The van der Waals surface area contributed by atoms with E-state index in [4.69, 9.17) is 0 Å². The number of benzene rings is 1. The van der Waals surface area contributed by atoms with E-state index < -0.39 is 6.10 Å². The van der Waals surface area contributed by atoms with Crippen LogP contribution in [0.25, 0.3) is 0 Å². The van der Waals surface area contributed by atoms with Crippen LogP contribution in [0.5, 0.6) is 0 Å². The Morgan fingerprint density at radius 2 is 1.76 bits per heavy atom. The molecule has 136 valence electrons. The molecule has 2 aliphatic rings.